The van der Waals surface area contributed by atoms with Crippen molar-refractivity contribution >= 4 is 23.4 Å². The van der Waals surface area contributed by atoms with E-state index in [0.717, 1.165) is 13.0 Å². The molecule has 6 nitrogen and oxygen atoms in total. The number of pyridine rings is 1. The molecule has 0 amide bonds. The molecule has 2 N–H and O–H groups in total. The minimum atomic E-state index is -0.498. The quantitative estimate of drug-likeness (QED) is 0.806. The topological polar surface area (TPSA) is 74.7 Å². The number of hydrogen-bond donors (Lipinski definition) is 2. The first-order valence-corrected chi connectivity index (χ1v) is 8.89. The zero-order valence-corrected chi connectivity index (χ0v) is 14.6. The van der Waals surface area contributed by atoms with Gasteiger partial charge in [0.2, 0.25) is 0 Å². The predicted molar refractivity (Wildman–Crippen MR) is 92.6 cm³/mol. The molecule has 0 radical (unpaired) electrons. The van der Waals surface area contributed by atoms with E-state index in [-0.39, 0.29) is 6.04 Å². The van der Waals surface area contributed by atoms with Crippen molar-refractivity contribution in [2.45, 2.75) is 50.3 Å². The summed E-state index contributed by atoms with van der Waals surface area (Å²) in [6, 6.07) is 2.18. The Hall–Kier alpha value is -1.37. The van der Waals surface area contributed by atoms with Crippen LogP contribution in [0.4, 0.5) is 5.82 Å². The lowest BCUT2D eigenvalue weighted by Gasteiger charge is -2.38. The van der Waals surface area contributed by atoms with Crippen LogP contribution in [0.15, 0.2) is 12.3 Å². The van der Waals surface area contributed by atoms with Gasteiger partial charge in [0.15, 0.2) is 0 Å². The molecule has 1 aromatic rings. The zero-order valence-electron chi connectivity index (χ0n) is 13.9. The summed E-state index contributed by atoms with van der Waals surface area (Å²) < 4.78 is 4.82. The molecule has 0 bridgehead atoms. The summed E-state index contributed by atoms with van der Waals surface area (Å²) in [7, 11) is 1.33. The van der Waals surface area contributed by atoms with Gasteiger partial charge >= 0.3 is 5.97 Å². The largest absolute Gasteiger partial charge is 0.465 e. The van der Waals surface area contributed by atoms with Gasteiger partial charge in [0.25, 0.3) is 0 Å². The number of aliphatic hydroxyl groups is 1. The Morgan fingerprint density at radius 2 is 2.17 bits per heavy atom. The van der Waals surface area contributed by atoms with Crippen LogP contribution in [0.1, 0.15) is 42.5 Å². The van der Waals surface area contributed by atoms with Crippen LogP contribution in [-0.4, -0.2) is 54.4 Å². The van der Waals surface area contributed by atoms with Gasteiger partial charge in [-0.15, -0.1) is 0 Å². The van der Waals surface area contributed by atoms with Crippen molar-refractivity contribution in [2.75, 3.05) is 25.1 Å². The smallest absolute Gasteiger partial charge is 0.341 e. The minimum absolute atomic E-state index is 0.0956. The molecule has 7 heteroatoms. The second kappa shape index (κ2) is 7.68. The fraction of sp³-hybridized carbons (Fsp3) is 0.647. The summed E-state index contributed by atoms with van der Waals surface area (Å²) in [6.07, 6.45) is 6.74. The Morgan fingerprint density at radius 1 is 1.42 bits per heavy atom. The van der Waals surface area contributed by atoms with Crippen molar-refractivity contribution in [3.8, 4) is 0 Å². The number of piperidine rings is 1. The summed E-state index contributed by atoms with van der Waals surface area (Å²) in [5.41, 5.74) is 0.333. The first kappa shape index (κ1) is 17.5. The third kappa shape index (κ3) is 3.82. The number of ether oxygens (including phenoxy) is 1. The third-order valence-electron chi connectivity index (χ3n) is 4.93. The number of esters is 1. The van der Waals surface area contributed by atoms with Crippen LogP contribution in [0.2, 0.25) is 5.02 Å². The molecule has 2 fully saturated rings. The molecule has 2 atom stereocenters. The van der Waals surface area contributed by atoms with Gasteiger partial charge in [-0.1, -0.05) is 24.4 Å². The third-order valence-corrected chi connectivity index (χ3v) is 5.13. The van der Waals surface area contributed by atoms with Crippen molar-refractivity contribution in [3.63, 3.8) is 0 Å². The Morgan fingerprint density at radius 3 is 2.83 bits per heavy atom. The number of hydrogen-bond acceptors (Lipinski definition) is 6. The Labute approximate surface area is 147 Å². The summed E-state index contributed by atoms with van der Waals surface area (Å²) in [6.45, 7) is 1.16. The highest BCUT2D eigenvalue weighted by Gasteiger charge is 2.32. The lowest BCUT2D eigenvalue weighted by atomic mass is 10.00. The number of aliphatic hydroxyl groups excluding tert-OH is 1. The van der Waals surface area contributed by atoms with E-state index in [1.165, 1.54) is 39.0 Å². The highest BCUT2D eigenvalue weighted by Crippen LogP contribution is 2.26. The maximum atomic E-state index is 12.0. The molecule has 1 aliphatic heterocycles. The molecule has 1 aliphatic carbocycles. The van der Waals surface area contributed by atoms with Gasteiger partial charge in [-0.3, -0.25) is 0 Å². The number of carbonyl (C=O) groups excluding carboxylic acids is 1. The van der Waals surface area contributed by atoms with Gasteiger partial charge in [0, 0.05) is 31.4 Å². The van der Waals surface area contributed by atoms with Crippen LogP contribution in [0, 0.1) is 0 Å². The average molecular weight is 354 g/mol. The minimum Gasteiger partial charge on any atom is -0.465 e. The summed E-state index contributed by atoms with van der Waals surface area (Å²) in [5, 5.41) is 14.5. The Balaban J connectivity index is 1.70. The number of β-amino-alcohol motifs (C(OH)–C–C–N with tert-alkyl or cyclic N) is 1. The molecule has 132 valence electrons. The standard InChI is InChI=1S/C17H24ClN3O3/c1-24-17(23)13-8-11(18)9-19-16(13)21-7-6-14(15(22)10-21)20-12-4-2-3-5-12/h8-9,12,14-15,20,22H,2-7,10H2,1H3. The molecule has 1 saturated carbocycles. The molecule has 0 spiro atoms. The van der Waals surface area contributed by atoms with E-state index in [2.05, 4.69) is 10.3 Å². The van der Waals surface area contributed by atoms with Crippen molar-refractivity contribution in [1.82, 2.24) is 10.3 Å². The van der Waals surface area contributed by atoms with Crippen LogP contribution in [0.5, 0.6) is 0 Å². The number of rotatable bonds is 4. The van der Waals surface area contributed by atoms with Crippen LogP contribution >= 0.6 is 11.6 Å². The molecular formula is C17H24ClN3O3. The van der Waals surface area contributed by atoms with Gasteiger partial charge in [-0.05, 0) is 25.3 Å². The van der Waals surface area contributed by atoms with Crippen LogP contribution in [0.25, 0.3) is 0 Å². The zero-order chi connectivity index (χ0) is 17.1. The molecule has 2 aliphatic rings. The maximum Gasteiger partial charge on any atom is 0.341 e. The normalized spacial score (nSPS) is 25.0. The summed E-state index contributed by atoms with van der Waals surface area (Å²) in [5.74, 6) is 0.0466. The van der Waals surface area contributed by atoms with Crippen molar-refractivity contribution in [1.29, 1.82) is 0 Å². The molecular weight excluding hydrogens is 330 g/mol. The maximum absolute atomic E-state index is 12.0. The lowest BCUT2D eigenvalue weighted by molar-refractivity contribution is 0.0599. The fourth-order valence-electron chi connectivity index (χ4n) is 3.66. The van der Waals surface area contributed by atoms with Crippen LogP contribution in [0.3, 0.4) is 0 Å². The predicted octanol–water partition coefficient (Wildman–Crippen LogP) is 1.99. The molecule has 2 unspecified atom stereocenters. The second-order valence-corrected chi connectivity index (χ2v) is 7.01. The lowest BCUT2D eigenvalue weighted by Crippen LogP contribution is -2.55. The first-order chi connectivity index (χ1) is 11.6. The van der Waals surface area contributed by atoms with Crippen LogP contribution in [-0.2, 0) is 4.74 Å². The van der Waals surface area contributed by atoms with E-state index < -0.39 is 12.1 Å². The van der Waals surface area contributed by atoms with Crippen molar-refractivity contribution < 1.29 is 14.6 Å². The van der Waals surface area contributed by atoms with E-state index in [1.807, 2.05) is 4.90 Å². The number of nitrogens with zero attached hydrogens (tertiary/aromatic N) is 2. The van der Waals surface area contributed by atoms with Crippen molar-refractivity contribution in [2.24, 2.45) is 0 Å². The van der Waals surface area contributed by atoms with E-state index in [4.69, 9.17) is 16.3 Å². The number of nitrogens with one attached hydrogen (secondary N) is 1. The van der Waals surface area contributed by atoms with E-state index in [0.29, 0.717) is 29.0 Å². The summed E-state index contributed by atoms with van der Waals surface area (Å²) >= 11 is 5.96. The van der Waals surface area contributed by atoms with Gasteiger partial charge in [0.1, 0.15) is 11.4 Å². The Kier molecular flexibility index (Phi) is 5.58. The van der Waals surface area contributed by atoms with Crippen molar-refractivity contribution in [3.05, 3.63) is 22.8 Å². The van der Waals surface area contributed by atoms with Crippen LogP contribution < -0.4 is 10.2 Å². The molecule has 1 aromatic heterocycles. The highest BCUT2D eigenvalue weighted by atomic mass is 35.5. The SMILES string of the molecule is COC(=O)c1cc(Cl)cnc1N1CCC(NC2CCCC2)C(O)C1. The number of aromatic nitrogens is 1. The van der Waals surface area contributed by atoms with Gasteiger partial charge in [-0.2, -0.15) is 0 Å². The highest BCUT2D eigenvalue weighted by molar-refractivity contribution is 6.30. The molecule has 24 heavy (non-hydrogen) atoms. The number of methoxy groups -OCH3 is 1. The first-order valence-electron chi connectivity index (χ1n) is 8.51. The number of carbonyl (C=O) groups is 1. The number of anilines is 1. The van der Waals surface area contributed by atoms with E-state index >= 15 is 0 Å². The van der Waals surface area contributed by atoms with Gasteiger partial charge in [-0.25, -0.2) is 9.78 Å². The second-order valence-electron chi connectivity index (χ2n) is 6.57. The molecule has 3 rings (SSSR count). The molecule has 1 saturated heterocycles. The number of halogens is 1. The summed E-state index contributed by atoms with van der Waals surface area (Å²) in [4.78, 5) is 18.2. The monoisotopic (exact) mass is 353 g/mol. The molecule has 2 heterocycles. The van der Waals surface area contributed by atoms with Gasteiger partial charge < -0.3 is 20.1 Å². The fourth-order valence-corrected chi connectivity index (χ4v) is 3.82. The van der Waals surface area contributed by atoms with E-state index in [1.54, 1.807) is 6.07 Å². The average Bonchev–Trinajstić information content (AvgIpc) is 3.09. The Bertz CT molecular complexity index is 592. The molecule has 0 aromatic carbocycles. The van der Waals surface area contributed by atoms with Gasteiger partial charge in [0.05, 0.1) is 18.2 Å². The van der Waals surface area contributed by atoms with E-state index in [9.17, 15) is 9.90 Å².